The van der Waals surface area contributed by atoms with E-state index in [0.717, 1.165) is 23.1 Å². The van der Waals surface area contributed by atoms with Crippen LogP contribution >= 0.6 is 0 Å². The van der Waals surface area contributed by atoms with Gasteiger partial charge in [0.15, 0.2) is 0 Å². The van der Waals surface area contributed by atoms with Gasteiger partial charge in [0.25, 0.3) is 5.56 Å². The van der Waals surface area contributed by atoms with Crippen molar-refractivity contribution < 1.29 is 0 Å². The second kappa shape index (κ2) is 3.20. The van der Waals surface area contributed by atoms with E-state index in [2.05, 4.69) is 9.97 Å². The predicted octanol–water partition coefficient (Wildman–Crippen LogP) is 1.74. The van der Waals surface area contributed by atoms with E-state index in [9.17, 15) is 4.79 Å². The number of para-hydroxylation sites is 2. The summed E-state index contributed by atoms with van der Waals surface area (Å²) in [6.45, 7) is 2.00. The summed E-state index contributed by atoms with van der Waals surface area (Å²) in [6.07, 6.45) is 2.48. The number of aromatic nitrogens is 3. The SMILES string of the molecule is CCc1ncn2c1c(=O)[nH]c1ccccc12. The maximum atomic E-state index is 11.9. The highest BCUT2D eigenvalue weighted by atomic mass is 16.1. The predicted molar refractivity (Wildman–Crippen MR) is 62.7 cm³/mol. The van der Waals surface area contributed by atoms with Crippen molar-refractivity contribution in [3.63, 3.8) is 0 Å². The van der Waals surface area contributed by atoms with E-state index in [-0.39, 0.29) is 5.56 Å². The molecule has 0 saturated carbocycles. The Bertz CT molecular complexity index is 724. The van der Waals surface area contributed by atoms with Crippen LogP contribution in [0.4, 0.5) is 0 Å². The lowest BCUT2D eigenvalue weighted by molar-refractivity contribution is 1.07. The second-order valence-corrected chi connectivity index (χ2v) is 3.73. The minimum absolute atomic E-state index is 0.0759. The molecule has 0 amide bonds. The van der Waals surface area contributed by atoms with Crippen molar-refractivity contribution in [2.75, 3.05) is 0 Å². The summed E-state index contributed by atoms with van der Waals surface area (Å²) in [5.74, 6) is 0. The fourth-order valence-corrected chi connectivity index (χ4v) is 2.04. The molecule has 0 fully saturated rings. The molecule has 0 spiro atoms. The van der Waals surface area contributed by atoms with Gasteiger partial charge in [-0.3, -0.25) is 9.20 Å². The molecule has 3 aromatic rings. The lowest BCUT2D eigenvalue weighted by Gasteiger charge is -2.01. The van der Waals surface area contributed by atoms with Gasteiger partial charge in [0, 0.05) is 0 Å². The maximum Gasteiger partial charge on any atom is 0.274 e. The van der Waals surface area contributed by atoms with E-state index in [1.54, 1.807) is 6.33 Å². The number of aromatic amines is 1. The number of benzene rings is 1. The highest BCUT2D eigenvalue weighted by molar-refractivity contribution is 5.78. The number of hydrogen-bond acceptors (Lipinski definition) is 2. The Morgan fingerprint density at radius 3 is 3.00 bits per heavy atom. The summed E-state index contributed by atoms with van der Waals surface area (Å²) in [4.78, 5) is 19.1. The van der Waals surface area contributed by atoms with E-state index in [4.69, 9.17) is 0 Å². The van der Waals surface area contributed by atoms with Gasteiger partial charge in [0.2, 0.25) is 0 Å². The molecule has 0 saturated heterocycles. The van der Waals surface area contributed by atoms with Gasteiger partial charge in [-0.1, -0.05) is 19.1 Å². The summed E-state index contributed by atoms with van der Waals surface area (Å²) in [5, 5.41) is 0. The van der Waals surface area contributed by atoms with E-state index in [1.807, 2.05) is 35.6 Å². The lowest BCUT2D eigenvalue weighted by atomic mass is 10.2. The number of imidazole rings is 1. The monoisotopic (exact) mass is 213 g/mol. The number of aryl methyl sites for hydroxylation is 1. The Labute approximate surface area is 91.6 Å². The van der Waals surface area contributed by atoms with Crippen LogP contribution in [0, 0.1) is 0 Å². The fourth-order valence-electron chi connectivity index (χ4n) is 2.04. The van der Waals surface area contributed by atoms with Crippen molar-refractivity contribution in [1.82, 2.24) is 14.4 Å². The first-order valence-corrected chi connectivity index (χ1v) is 5.28. The quantitative estimate of drug-likeness (QED) is 0.669. The molecule has 2 aromatic heterocycles. The van der Waals surface area contributed by atoms with Gasteiger partial charge < -0.3 is 4.98 Å². The topological polar surface area (TPSA) is 50.2 Å². The average molecular weight is 213 g/mol. The van der Waals surface area contributed by atoms with Crippen LogP contribution in [-0.2, 0) is 6.42 Å². The zero-order chi connectivity index (χ0) is 11.1. The Kier molecular flexibility index (Phi) is 1.83. The largest absolute Gasteiger partial charge is 0.319 e. The van der Waals surface area contributed by atoms with E-state index >= 15 is 0 Å². The van der Waals surface area contributed by atoms with Gasteiger partial charge in [-0.05, 0) is 18.6 Å². The Morgan fingerprint density at radius 1 is 1.38 bits per heavy atom. The smallest absolute Gasteiger partial charge is 0.274 e. The van der Waals surface area contributed by atoms with Gasteiger partial charge >= 0.3 is 0 Å². The molecule has 1 N–H and O–H groups in total. The number of nitrogens with zero attached hydrogens (tertiary/aromatic N) is 2. The molecule has 0 aliphatic rings. The highest BCUT2D eigenvalue weighted by Crippen LogP contribution is 2.13. The average Bonchev–Trinajstić information content (AvgIpc) is 2.74. The van der Waals surface area contributed by atoms with Crippen molar-refractivity contribution in [2.24, 2.45) is 0 Å². The molecule has 0 bridgehead atoms. The minimum atomic E-state index is -0.0759. The number of rotatable bonds is 1. The van der Waals surface area contributed by atoms with Gasteiger partial charge in [-0.15, -0.1) is 0 Å². The molecule has 16 heavy (non-hydrogen) atoms. The van der Waals surface area contributed by atoms with Gasteiger partial charge in [-0.25, -0.2) is 4.98 Å². The van der Waals surface area contributed by atoms with Crippen molar-refractivity contribution in [1.29, 1.82) is 0 Å². The summed E-state index contributed by atoms with van der Waals surface area (Å²) >= 11 is 0. The zero-order valence-corrected chi connectivity index (χ0v) is 8.90. The molecule has 4 heteroatoms. The molecule has 0 aliphatic heterocycles. The van der Waals surface area contributed by atoms with E-state index < -0.39 is 0 Å². The van der Waals surface area contributed by atoms with Crippen molar-refractivity contribution in [3.8, 4) is 0 Å². The molecule has 1 aromatic carbocycles. The number of nitrogens with one attached hydrogen (secondary N) is 1. The van der Waals surface area contributed by atoms with Crippen LogP contribution in [0.2, 0.25) is 0 Å². The first-order valence-electron chi connectivity index (χ1n) is 5.28. The lowest BCUT2D eigenvalue weighted by Crippen LogP contribution is -2.11. The Balaban J connectivity index is 2.61. The molecular weight excluding hydrogens is 202 g/mol. The first-order chi connectivity index (χ1) is 7.81. The standard InChI is InChI=1S/C12H11N3O/c1-2-8-11-12(16)14-9-5-3-4-6-10(9)15(11)7-13-8/h3-7H,2H2,1H3,(H,14,16). The number of hydrogen-bond donors (Lipinski definition) is 1. The van der Waals surface area contributed by atoms with Crippen molar-refractivity contribution in [3.05, 3.63) is 46.6 Å². The molecule has 3 rings (SSSR count). The van der Waals surface area contributed by atoms with Crippen LogP contribution < -0.4 is 5.56 Å². The van der Waals surface area contributed by atoms with Gasteiger partial charge in [0.05, 0.1) is 16.7 Å². The van der Waals surface area contributed by atoms with Crippen molar-refractivity contribution in [2.45, 2.75) is 13.3 Å². The third-order valence-corrected chi connectivity index (χ3v) is 2.81. The number of H-pyrrole nitrogens is 1. The van der Waals surface area contributed by atoms with E-state index in [1.165, 1.54) is 0 Å². The van der Waals surface area contributed by atoms with Crippen LogP contribution in [0.1, 0.15) is 12.6 Å². The van der Waals surface area contributed by atoms with Crippen molar-refractivity contribution >= 4 is 16.6 Å². The maximum absolute atomic E-state index is 11.9. The minimum Gasteiger partial charge on any atom is -0.319 e. The highest BCUT2D eigenvalue weighted by Gasteiger charge is 2.09. The summed E-state index contributed by atoms with van der Waals surface area (Å²) in [5.41, 5.74) is 3.23. The fraction of sp³-hybridized carbons (Fsp3) is 0.167. The molecule has 0 unspecified atom stereocenters. The molecule has 0 atom stereocenters. The summed E-state index contributed by atoms with van der Waals surface area (Å²) < 4.78 is 1.85. The molecule has 0 aliphatic carbocycles. The van der Waals surface area contributed by atoms with Crippen LogP contribution in [0.3, 0.4) is 0 Å². The molecular formula is C12H11N3O. The zero-order valence-electron chi connectivity index (χ0n) is 8.90. The molecule has 80 valence electrons. The summed E-state index contributed by atoms with van der Waals surface area (Å²) in [7, 11) is 0. The molecule has 4 nitrogen and oxygen atoms in total. The van der Waals surface area contributed by atoms with Crippen LogP contribution in [0.15, 0.2) is 35.4 Å². The number of fused-ring (bicyclic) bond motifs is 3. The first kappa shape index (κ1) is 9.15. The third kappa shape index (κ3) is 1.10. The van der Waals surface area contributed by atoms with E-state index in [0.29, 0.717) is 5.52 Å². The Hall–Kier alpha value is -2.10. The van der Waals surface area contributed by atoms with Gasteiger partial charge in [-0.2, -0.15) is 0 Å². The third-order valence-electron chi connectivity index (χ3n) is 2.81. The normalized spacial score (nSPS) is 11.3. The van der Waals surface area contributed by atoms with Crippen LogP contribution in [0.5, 0.6) is 0 Å². The molecule has 2 heterocycles. The Morgan fingerprint density at radius 2 is 2.19 bits per heavy atom. The second-order valence-electron chi connectivity index (χ2n) is 3.73. The van der Waals surface area contributed by atoms with Crippen LogP contribution in [-0.4, -0.2) is 14.4 Å². The van der Waals surface area contributed by atoms with Crippen LogP contribution in [0.25, 0.3) is 16.6 Å². The molecule has 0 radical (unpaired) electrons. The van der Waals surface area contributed by atoms with Gasteiger partial charge in [0.1, 0.15) is 11.8 Å². The summed E-state index contributed by atoms with van der Waals surface area (Å²) in [6, 6.07) is 7.72.